The maximum Gasteiger partial charge on any atom is 0.262 e. The summed E-state index contributed by atoms with van der Waals surface area (Å²) in [5.41, 5.74) is 5.08. The number of hydrogen-bond acceptors (Lipinski definition) is 3. The Labute approximate surface area is 189 Å². The molecule has 0 aliphatic heterocycles. The van der Waals surface area contributed by atoms with E-state index in [9.17, 15) is 4.79 Å². The highest BCUT2D eigenvalue weighted by atomic mass is 16.2. The first-order valence-electron chi connectivity index (χ1n) is 10.5. The van der Waals surface area contributed by atoms with Gasteiger partial charge in [-0.1, -0.05) is 54.6 Å². The molecule has 0 atom stereocenters. The number of anilines is 3. The van der Waals surface area contributed by atoms with Gasteiger partial charge in [0.15, 0.2) is 0 Å². The largest absolute Gasteiger partial charge is 0.378 e. The molecule has 0 radical (unpaired) electrons. The van der Waals surface area contributed by atoms with Crippen LogP contribution in [-0.2, 0) is 0 Å². The van der Waals surface area contributed by atoms with Gasteiger partial charge in [-0.2, -0.15) is 0 Å². The van der Waals surface area contributed by atoms with Crippen LogP contribution >= 0.6 is 0 Å². The van der Waals surface area contributed by atoms with Gasteiger partial charge in [-0.25, -0.2) is 0 Å². The molecule has 0 heterocycles. The van der Waals surface area contributed by atoms with Crippen molar-refractivity contribution in [1.82, 2.24) is 0 Å². The molecule has 0 unspecified atom stereocenters. The topological polar surface area (TPSA) is 35.9 Å². The van der Waals surface area contributed by atoms with Gasteiger partial charge in [0.05, 0.1) is 5.69 Å². The summed E-state index contributed by atoms with van der Waals surface area (Å²) in [6.45, 7) is 0. The number of carbonyl (C=O) groups excluding carboxylic acids is 1. The lowest BCUT2D eigenvalue weighted by molar-refractivity contribution is 0.0999. The van der Waals surface area contributed by atoms with Crippen molar-refractivity contribution in [1.29, 1.82) is 0 Å². The van der Waals surface area contributed by atoms with E-state index in [4.69, 9.17) is 0 Å². The zero-order valence-corrected chi connectivity index (χ0v) is 18.2. The molecular formula is C28H25N3O. The predicted molar refractivity (Wildman–Crippen MR) is 134 cm³/mol. The van der Waals surface area contributed by atoms with Gasteiger partial charge in [0.2, 0.25) is 0 Å². The van der Waals surface area contributed by atoms with Crippen molar-refractivity contribution in [2.24, 2.45) is 4.99 Å². The van der Waals surface area contributed by atoms with Crippen LogP contribution in [0.2, 0.25) is 0 Å². The number of hydrogen-bond donors (Lipinski definition) is 0. The summed E-state index contributed by atoms with van der Waals surface area (Å²) in [6.07, 6.45) is 1.81. The smallest absolute Gasteiger partial charge is 0.262 e. The summed E-state index contributed by atoms with van der Waals surface area (Å²) in [7, 11) is 4.03. The number of para-hydroxylation sites is 2. The Bertz CT molecular complexity index is 1160. The number of benzene rings is 4. The summed E-state index contributed by atoms with van der Waals surface area (Å²) in [5, 5.41) is 0. The summed E-state index contributed by atoms with van der Waals surface area (Å²) in [6, 6.07) is 34.9. The summed E-state index contributed by atoms with van der Waals surface area (Å²) >= 11 is 0. The van der Waals surface area contributed by atoms with Crippen molar-refractivity contribution >= 4 is 34.9 Å². The molecule has 0 saturated carbocycles. The normalized spacial score (nSPS) is 10.8. The van der Waals surface area contributed by atoms with Crippen molar-refractivity contribution in [3.63, 3.8) is 0 Å². The number of amides is 1. The molecule has 0 spiro atoms. The van der Waals surface area contributed by atoms with E-state index in [0.717, 1.165) is 28.3 Å². The minimum atomic E-state index is -0.102. The standard InChI is InChI=1S/C28H25N3O/c1-30(2)25-18-16-22(17-19-25)21-29-24-11-9-10-23(20-24)28(32)31(26-12-5-3-6-13-26)27-14-7-4-8-15-27/h3-21H,1-2H3. The summed E-state index contributed by atoms with van der Waals surface area (Å²) in [4.78, 5) is 21.9. The lowest BCUT2D eigenvalue weighted by atomic mass is 10.1. The van der Waals surface area contributed by atoms with E-state index in [1.165, 1.54) is 0 Å². The van der Waals surface area contributed by atoms with Crippen molar-refractivity contribution in [2.45, 2.75) is 0 Å². The van der Waals surface area contributed by atoms with E-state index in [0.29, 0.717) is 5.56 Å². The van der Waals surface area contributed by atoms with Gasteiger partial charge in [-0.3, -0.25) is 14.7 Å². The third kappa shape index (κ3) is 4.93. The monoisotopic (exact) mass is 419 g/mol. The van der Waals surface area contributed by atoms with Gasteiger partial charge in [0, 0.05) is 42.9 Å². The van der Waals surface area contributed by atoms with Crippen LogP contribution in [0.1, 0.15) is 15.9 Å². The third-order valence-corrected chi connectivity index (χ3v) is 5.10. The maximum absolute atomic E-state index is 13.5. The Hall–Kier alpha value is -4.18. The van der Waals surface area contributed by atoms with Crippen LogP contribution in [0.25, 0.3) is 0 Å². The molecule has 1 amide bonds. The molecule has 4 aromatic carbocycles. The lowest BCUT2D eigenvalue weighted by Crippen LogP contribution is -2.25. The van der Waals surface area contributed by atoms with E-state index in [2.05, 4.69) is 22.0 Å². The van der Waals surface area contributed by atoms with Crippen LogP contribution in [-0.4, -0.2) is 26.2 Å². The van der Waals surface area contributed by atoms with Crippen LogP contribution in [0.4, 0.5) is 22.7 Å². The van der Waals surface area contributed by atoms with Crippen LogP contribution in [0.15, 0.2) is 114 Å². The number of nitrogens with zero attached hydrogens (tertiary/aromatic N) is 3. The van der Waals surface area contributed by atoms with Crippen molar-refractivity contribution < 1.29 is 4.79 Å². The second kappa shape index (κ2) is 9.75. The Kier molecular flexibility index (Phi) is 6.42. The fourth-order valence-corrected chi connectivity index (χ4v) is 3.39. The van der Waals surface area contributed by atoms with Gasteiger partial charge in [-0.05, 0) is 60.2 Å². The maximum atomic E-state index is 13.5. The van der Waals surface area contributed by atoms with Gasteiger partial charge >= 0.3 is 0 Å². The van der Waals surface area contributed by atoms with Crippen LogP contribution in [0.5, 0.6) is 0 Å². The third-order valence-electron chi connectivity index (χ3n) is 5.10. The summed E-state index contributed by atoms with van der Waals surface area (Å²) in [5.74, 6) is -0.102. The number of rotatable bonds is 6. The van der Waals surface area contributed by atoms with Gasteiger partial charge in [-0.15, -0.1) is 0 Å². The molecule has 0 saturated heterocycles. The van der Waals surface area contributed by atoms with Crippen molar-refractivity contribution in [3.05, 3.63) is 120 Å². The fraction of sp³-hybridized carbons (Fsp3) is 0.0714. The van der Waals surface area contributed by atoms with E-state index < -0.39 is 0 Å². The highest BCUT2D eigenvalue weighted by molar-refractivity contribution is 6.11. The predicted octanol–water partition coefficient (Wildman–Crippen LogP) is 6.48. The minimum Gasteiger partial charge on any atom is -0.378 e. The SMILES string of the molecule is CN(C)c1ccc(C=Nc2cccc(C(=O)N(c3ccccc3)c3ccccc3)c2)cc1. The zero-order chi connectivity index (χ0) is 22.3. The zero-order valence-electron chi connectivity index (χ0n) is 18.2. The van der Waals surface area contributed by atoms with E-state index >= 15 is 0 Å². The first-order chi connectivity index (χ1) is 15.6. The molecule has 4 aromatic rings. The molecule has 4 heteroatoms. The Balaban J connectivity index is 1.61. The average Bonchev–Trinajstić information content (AvgIpc) is 2.84. The van der Waals surface area contributed by atoms with Crippen LogP contribution in [0.3, 0.4) is 0 Å². The molecule has 0 aliphatic carbocycles. The molecule has 158 valence electrons. The Morgan fingerprint density at radius 2 is 1.28 bits per heavy atom. The van der Waals surface area contributed by atoms with Crippen LogP contribution < -0.4 is 9.80 Å². The first kappa shape index (κ1) is 21.1. The molecular weight excluding hydrogens is 394 g/mol. The first-order valence-corrected chi connectivity index (χ1v) is 10.5. The number of carbonyl (C=O) groups is 1. The minimum absolute atomic E-state index is 0.102. The molecule has 0 bridgehead atoms. The van der Waals surface area contributed by atoms with Crippen LogP contribution in [0, 0.1) is 0 Å². The molecule has 0 aliphatic rings. The highest BCUT2D eigenvalue weighted by Crippen LogP contribution is 2.28. The molecule has 0 N–H and O–H groups in total. The van der Waals surface area contributed by atoms with Gasteiger partial charge < -0.3 is 4.90 Å². The second-order valence-corrected chi connectivity index (χ2v) is 7.61. The fourth-order valence-electron chi connectivity index (χ4n) is 3.39. The quantitative estimate of drug-likeness (QED) is 0.335. The molecule has 4 nitrogen and oxygen atoms in total. The van der Waals surface area contributed by atoms with E-state index in [1.807, 2.05) is 117 Å². The summed E-state index contributed by atoms with van der Waals surface area (Å²) < 4.78 is 0. The van der Waals surface area contributed by atoms with Gasteiger partial charge in [0.1, 0.15) is 0 Å². The van der Waals surface area contributed by atoms with Gasteiger partial charge in [0.25, 0.3) is 5.91 Å². The molecule has 0 aromatic heterocycles. The van der Waals surface area contributed by atoms with E-state index in [1.54, 1.807) is 4.90 Å². The van der Waals surface area contributed by atoms with E-state index in [-0.39, 0.29) is 5.91 Å². The second-order valence-electron chi connectivity index (χ2n) is 7.61. The van der Waals surface area contributed by atoms with Crippen molar-refractivity contribution in [3.8, 4) is 0 Å². The molecule has 4 rings (SSSR count). The van der Waals surface area contributed by atoms with Crippen molar-refractivity contribution in [2.75, 3.05) is 23.9 Å². The molecule has 0 fully saturated rings. The Morgan fingerprint density at radius 1 is 0.688 bits per heavy atom. The highest BCUT2D eigenvalue weighted by Gasteiger charge is 2.19. The average molecular weight is 420 g/mol. The number of aliphatic imine (C=N–C) groups is 1. The molecule has 32 heavy (non-hydrogen) atoms. The Morgan fingerprint density at radius 3 is 1.84 bits per heavy atom. The lowest BCUT2D eigenvalue weighted by Gasteiger charge is -2.23.